The molecular weight excluding hydrogens is 274 g/mol. The number of nitrogens with one attached hydrogen (secondary N) is 1. The number of nitrogens with two attached hydrogens (primary N) is 1. The van der Waals surface area contributed by atoms with Crippen LogP contribution in [0.1, 0.15) is 12.8 Å². The van der Waals surface area contributed by atoms with Gasteiger partial charge in [-0.1, -0.05) is 0 Å². The fraction of sp³-hybridized carbons (Fsp3) is 0.500. The van der Waals surface area contributed by atoms with E-state index in [9.17, 15) is 0 Å². The van der Waals surface area contributed by atoms with Crippen molar-refractivity contribution in [2.45, 2.75) is 18.9 Å². The smallest absolute Gasteiger partial charge is 0.140 e. The van der Waals surface area contributed by atoms with Gasteiger partial charge in [0, 0.05) is 11.8 Å². The van der Waals surface area contributed by atoms with Crippen molar-refractivity contribution in [3.8, 4) is 0 Å². The summed E-state index contributed by atoms with van der Waals surface area (Å²) < 4.78 is 0.943. The number of halogens is 1. The fourth-order valence-corrected chi connectivity index (χ4v) is 3.16. The molecule has 1 aromatic rings. The molecule has 2 heterocycles. The van der Waals surface area contributed by atoms with Crippen LogP contribution in [0.2, 0.25) is 0 Å². The largest absolute Gasteiger partial charge is 0.397 e. The summed E-state index contributed by atoms with van der Waals surface area (Å²) in [4.78, 5) is 4.28. The van der Waals surface area contributed by atoms with E-state index in [4.69, 9.17) is 5.73 Å². The fourth-order valence-electron chi connectivity index (χ4n) is 1.61. The Bertz CT molecular complexity index is 339. The molecule has 0 radical (unpaired) electrons. The number of aromatic nitrogens is 1. The zero-order chi connectivity index (χ0) is 10.7. The Balaban J connectivity index is 2.03. The normalized spacial score (nSPS) is 21.3. The summed E-state index contributed by atoms with van der Waals surface area (Å²) in [6.45, 7) is 0. The van der Waals surface area contributed by atoms with Gasteiger partial charge in [-0.3, -0.25) is 0 Å². The van der Waals surface area contributed by atoms with Gasteiger partial charge < -0.3 is 11.1 Å². The van der Waals surface area contributed by atoms with Crippen molar-refractivity contribution >= 4 is 39.2 Å². The molecule has 82 valence electrons. The third-order valence-corrected chi connectivity index (χ3v) is 4.18. The quantitative estimate of drug-likeness (QED) is 0.878. The average Bonchev–Trinajstić information content (AvgIpc) is 2.24. The SMILES string of the molecule is Nc1cnc(NC2CCCSC2)c(Br)c1. The van der Waals surface area contributed by atoms with Crippen LogP contribution in [0.5, 0.6) is 0 Å². The molecule has 15 heavy (non-hydrogen) atoms. The monoisotopic (exact) mass is 287 g/mol. The molecule has 3 N–H and O–H groups in total. The van der Waals surface area contributed by atoms with Crippen molar-refractivity contribution in [3.05, 3.63) is 16.7 Å². The van der Waals surface area contributed by atoms with E-state index >= 15 is 0 Å². The lowest BCUT2D eigenvalue weighted by Crippen LogP contribution is -2.26. The van der Waals surface area contributed by atoms with Crippen molar-refractivity contribution < 1.29 is 0 Å². The topological polar surface area (TPSA) is 50.9 Å². The molecule has 0 aliphatic carbocycles. The van der Waals surface area contributed by atoms with E-state index in [-0.39, 0.29) is 0 Å². The molecule has 1 aliphatic rings. The second-order valence-corrected chi connectivity index (χ2v) is 5.66. The number of nitrogens with zero attached hydrogens (tertiary/aromatic N) is 1. The van der Waals surface area contributed by atoms with Gasteiger partial charge in [-0.25, -0.2) is 4.98 Å². The molecule has 1 aromatic heterocycles. The number of rotatable bonds is 2. The molecule has 0 aromatic carbocycles. The molecule has 0 spiro atoms. The first-order chi connectivity index (χ1) is 7.25. The van der Waals surface area contributed by atoms with Crippen LogP contribution in [0.3, 0.4) is 0 Å². The second-order valence-electron chi connectivity index (χ2n) is 3.66. The highest BCUT2D eigenvalue weighted by molar-refractivity contribution is 9.10. The third-order valence-electron chi connectivity index (χ3n) is 2.36. The van der Waals surface area contributed by atoms with Gasteiger partial charge in [0.25, 0.3) is 0 Å². The van der Waals surface area contributed by atoms with Gasteiger partial charge >= 0.3 is 0 Å². The first-order valence-corrected chi connectivity index (χ1v) is 6.96. The summed E-state index contributed by atoms with van der Waals surface area (Å²) in [6.07, 6.45) is 4.20. The van der Waals surface area contributed by atoms with E-state index in [1.54, 1.807) is 6.20 Å². The van der Waals surface area contributed by atoms with Crippen LogP contribution in [0.15, 0.2) is 16.7 Å². The number of thioether (sulfide) groups is 1. The molecule has 0 saturated carbocycles. The summed E-state index contributed by atoms with van der Waals surface area (Å²) in [5.74, 6) is 3.35. The Kier molecular flexibility index (Phi) is 3.75. The number of hydrogen-bond acceptors (Lipinski definition) is 4. The predicted octanol–water partition coefficient (Wildman–Crippen LogP) is 2.73. The first kappa shape index (κ1) is 11.1. The minimum Gasteiger partial charge on any atom is -0.397 e. The highest BCUT2D eigenvalue weighted by Crippen LogP contribution is 2.25. The van der Waals surface area contributed by atoms with E-state index in [0.717, 1.165) is 10.3 Å². The zero-order valence-electron chi connectivity index (χ0n) is 8.37. The Morgan fingerprint density at radius 3 is 3.13 bits per heavy atom. The maximum Gasteiger partial charge on any atom is 0.140 e. The maximum atomic E-state index is 5.64. The van der Waals surface area contributed by atoms with Gasteiger partial charge in [-0.15, -0.1) is 0 Å². The van der Waals surface area contributed by atoms with Gasteiger partial charge in [-0.05, 0) is 40.6 Å². The van der Waals surface area contributed by atoms with Crippen LogP contribution >= 0.6 is 27.7 Å². The number of hydrogen-bond donors (Lipinski definition) is 2. The van der Waals surface area contributed by atoms with Crippen molar-refractivity contribution in [3.63, 3.8) is 0 Å². The van der Waals surface area contributed by atoms with E-state index in [1.165, 1.54) is 24.3 Å². The molecule has 1 aliphatic heterocycles. The van der Waals surface area contributed by atoms with E-state index < -0.39 is 0 Å². The van der Waals surface area contributed by atoms with Crippen LogP contribution in [0, 0.1) is 0 Å². The lowest BCUT2D eigenvalue weighted by Gasteiger charge is -2.23. The Labute approximate surface area is 102 Å². The minimum absolute atomic E-state index is 0.538. The summed E-state index contributed by atoms with van der Waals surface area (Å²) in [7, 11) is 0. The van der Waals surface area contributed by atoms with Crippen molar-refractivity contribution in [2.75, 3.05) is 22.6 Å². The number of nitrogen functional groups attached to an aromatic ring is 1. The van der Waals surface area contributed by atoms with Gasteiger partial charge in [0.05, 0.1) is 16.4 Å². The zero-order valence-corrected chi connectivity index (χ0v) is 10.8. The average molecular weight is 288 g/mol. The molecule has 1 saturated heterocycles. The van der Waals surface area contributed by atoms with E-state index in [1.807, 2.05) is 17.8 Å². The van der Waals surface area contributed by atoms with Crippen LogP contribution in [-0.2, 0) is 0 Å². The van der Waals surface area contributed by atoms with Gasteiger partial charge in [0.15, 0.2) is 0 Å². The summed E-state index contributed by atoms with van der Waals surface area (Å²) in [5, 5.41) is 3.44. The standard InChI is InChI=1S/C10H14BrN3S/c11-9-4-7(12)5-13-10(9)14-8-2-1-3-15-6-8/h4-5,8H,1-3,6,12H2,(H,13,14). The molecule has 0 bridgehead atoms. The van der Waals surface area contributed by atoms with E-state index in [2.05, 4.69) is 26.2 Å². The maximum absolute atomic E-state index is 5.64. The highest BCUT2D eigenvalue weighted by atomic mass is 79.9. The summed E-state index contributed by atoms with van der Waals surface area (Å²) >= 11 is 5.46. The summed E-state index contributed by atoms with van der Waals surface area (Å²) in [5.41, 5.74) is 6.32. The minimum atomic E-state index is 0.538. The Hall–Kier alpha value is -0.420. The molecule has 3 nitrogen and oxygen atoms in total. The number of pyridine rings is 1. The highest BCUT2D eigenvalue weighted by Gasteiger charge is 2.14. The molecule has 2 rings (SSSR count). The van der Waals surface area contributed by atoms with Crippen LogP contribution in [0.25, 0.3) is 0 Å². The second kappa shape index (κ2) is 5.07. The Morgan fingerprint density at radius 1 is 1.60 bits per heavy atom. The predicted molar refractivity (Wildman–Crippen MR) is 70.3 cm³/mol. The lowest BCUT2D eigenvalue weighted by atomic mass is 10.2. The molecule has 1 fully saturated rings. The molecular formula is C10H14BrN3S. The lowest BCUT2D eigenvalue weighted by molar-refractivity contribution is 0.682. The summed E-state index contributed by atoms with van der Waals surface area (Å²) in [6, 6.07) is 2.42. The first-order valence-electron chi connectivity index (χ1n) is 5.01. The third kappa shape index (κ3) is 3.01. The van der Waals surface area contributed by atoms with Crippen LogP contribution in [0.4, 0.5) is 11.5 Å². The van der Waals surface area contributed by atoms with Crippen molar-refractivity contribution in [1.82, 2.24) is 4.98 Å². The van der Waals surface area contributed by atoms with Crippen molar-refractivity contribution in [1.29, 1.82) is 0 Å². The molecule has 1 atom stereocenters. The van der Waals surface area contributed by atoms with Crippen LogP contribution in [-0.4, -0.2) is 22.5 Å². The Morgan fingerprint density at radius 2 is 2.47 bits per heavy atom. The van der Waals surface area contributed by atoms with Gasteiger partial charge in [0.1, 0.15) is 5.82 Å². The van der Waals surface area contributed by atoms with Gasteiger partial charge in [0.2, 0.25) is 0 Å². The van der Waals surface area contributed by atoms with Crippen molar-refractivity contribution in [2.24, 2.45) is 0 Å². The van der Waals surface area contributed by atoms with Crippen LogP contribution < -0.4 is 11.1 Å². The van der Waals surface area contributed by atoms with E-state index in [0.29, 0.717) is 11.7 Å². The molecule has 1 unspecified atom stereocenters. The van der Waals surface area contributed by atoms with Gasteiger partial charge in [-0.2, -0.15) is 11.8 Å². The number of anilines is 2. The molecule has 5 heteroatoms. The molecule has 0 amide bonds.